The Hall–Kier alpha value is -1.63. The lowest BCUT2D eigenvalue weighted by atomic mass is 10.1. The third kappa shape index (κ3) is 14.4. The van der Waals surface area contributed by atoms with Crippen molar-refractivity contribution in [2.45, 2.75) is 78.1 Å². The molecule has 25 heavy (non-hydrogen) atoms. The Morgan fingerprint density at radius 2 is 1.40 bits per heavy atom. The van der Waals surface area contributed by atoms with Crippen LogP contribution in [0.3, 0.4) is 0 Å². The van der Waals surface area contributed by atoms with Crippen LogP contribution in [0.5, 0.6) is 0 Å². The molecule has 0 bridgehead atoms. The molecule has 0 unspecified atom stereocenters. The Bertz CT molecular complexity index is 389. The topological polar surface area (TPSA) is 105 Å². The lowest BCUT2D eigenvalue weighted by molar-refractivity contribution is -0.142. The van der Waals surface area contributed by atoms with Gasteiger partial charge in [0.1, 0.15) is 6.54 Å². The van der Waals surface area contributed by atoms with Crippen LogP contribution < -0.4 is 16.5 Å². The fourth-order valence-corrected chi connectivity index (χ4v) is 2.53. The molecule has 0 aliphatic carbocycles. The molecule has 0 aromatic carbocycles. The molecule has 0 fully saturated rings. The van der Waals surface area contributed by atoms with Gasteiger partial charge in [0.15, 0.2) is 0 Å². The van der Waals surface area contributed by atoms with E-state index in [0.29, 0.717) is 6.54 Å². The van der Waals surface area contributed by atoms with Gasteiger partial charge < -0.3 is 11.1 Å². The highest BCUT2D eigenvalue weighted by atomic mass is 16.2. The molecule has 146 valence electrons. The standard InChI is InChI=1S/C18H36N4O3/c1-3-4-5-6-7-8-9-10-11-12-13-20-17(24)15-22(18(25)14-19)21-16(2)23/h3-15,19H2,1-2H3,(H,20,24)(H,21,23). The van der Waals surface area contributed by atoms with Gasteiger partial charge in [-0.25, -0.2) is 5.01 Å². The highest BCUT2D eigenvalue weighted by molar-refractivity contribution is 5.87. The van der Waals surface area contributed by atoms with E-state index in [2.05, 4.69) is 17.7 Å². The van der Waals surface area contributed by atoms with Crippen LogP contribution in [0.25, 0.3) is 0 Å². The second kappa shape index (κ2) is 15.9. The first-order chi connectivity index (χ1) is 12.0. The molecule has 0 aromatic heterocycles. The molecule has 0 aliphatic heterocycles. The minimum atomic E-state index is -0.496. The van der Waals surface area contributed by atoms with E-state index >= 15 is 0 Å². The van der Waals surface area contributed by atoms with Crippen molar-refractivity contribution in [2.75, 3.05) is 19.6 Å². The molecule has 0 spiro atoms. The van der Waals surface area contributed by atoms with Crippen molar-refractivity contribution < 1.29 is 14.4 Å². The number of carbonyl (C=O) groups is 3. The molecule has 3 amide bonds. The van der Waals surface area contributed by atoms with Crippen molar-refractivity contribution >= 4 is 17.7 Å². The maximum absolute atomic E-state index is 11.8. The van der Waals surface area contributed by atoms with Gasteiger partial charge in [-0.05, 0) is 6.42 Å². The van der Waals surface area contributed by atoms with Crippen molar-refractivity contribution in [2.24, 2.45) is 5.73 Å². The van der Waals surface area contributed by atoms with Gasteiger partial charge in [0, 0.05) is 13.5 Å². The van der Waals surface area contributed by atoms with Gasteiger partial charge in [-0.3, -0.25) is 19.8 Å². The molecule has 0 atom stereocenters. The first-order valence-corrected chi connectivity index (χ1v) is 9.55. The summed E-state index contributed by atoms with van der Waals surface area (Å²) in [5.41, 5.74) is 7.57. The molecule has 0 saturated carbocycles. The predicted molar refractivity (Wildman–Crippen MR) is 99.4 cm³/mol. The van der Waals surface area contributed by atoms with Gasteiger partial charge >= 0.3 is 0 Å². The predicted octanol–water partition coefficient (Wildman–Crippen LogP) is 1.86. The number of rotatable bonds is 14. The van der Waals surface area contributed by atoms with Crippen LogP contribution >= 0.6 is 0 Å². The molecule has 0 aromatic rings. The summed E-state index contributed by atoms with van der Waals surface area (Å²) in [4.78, 5) is 34.4. The zero-order valence-corrected chi connectivity index (χ0v) is 15.9. The molecule has 0 saturated heterocycles. The summed E-state index contributed by atoms with van der Waals surface area (Å²) in [7, 11) is 0. The number of amides is 3. The second-order valence-electron chi connectivity index (χ2n) is 6.38. The number of hydrogen-bond acceptors (Lipinski definition) is 4. The average molecular weight is 357 g/mol. The van der Waals surface area contributed by atoms with E-state index in [1.807, 2.05) is 0 Å². The number of nitrogens with zero attached hydrogens (tertiary/aromatic N) is 1. The van der Waals surface area contributed by atoms with Gasteiger partial charge in [0.05, 0.1) is 6.54 Å². The third-order valence-electron chi connectivity index (χ3n) is 3.92. The normalized spacial score (nSPS) is 10.4. The monoisotopic (exact) mass is 356 g/mol. The van der Waals surface area contributed by atoms with Gasteiger partial charge in [0.2, 0.25) is 11.8 Å². The molecule has 0 aliphatic rings. The summed E-state index contributed by atoms with van der Waals surface area (Å²) < 4.78 is 0. The zero-order chi connectivity index (χ0) is 18.9. The first kappa shape index (κ1) is 23.4. The van der Waals surface area contributed by atoms with Gasteiger partial charge in [-0.2, -0.15) is 0 Å². The Labute approximate surface area is 152 Å². The molecule has 0 heterocycles. The largest absolute Gasteiger partial charge is 0.354 e. The van der Waals surface area contributed by atoms with Gasteiger partial charge in [0.25, 0.3) is 5.91 Å². The lowest BCUT2D eigenvalue weighted by Crippen LogP contribution is -2.52. The summed E-state index contributed by atoms with van der Waals surface area (Å²) in [6.45, 7) is 3.62. The summed E-state index contributed by atoms with van der Waals surface area (Å²) in [5, 5.41) is 3.72. The summed E-state index contributed by atoms with van der Waals surface area (Å²) in [6.07, 6.45) is 12.4. The maximum Gasteiger partial charge on any atom is 0.255 e. The highest BCUT2D eigenvalue weighted by Crippen LogP contribution is 2.10. The maximum atomic E-state index is 11.8. The smallest absolute Gasteiger partial charge is 0.255 e. The molecule has 7 nitrogen and oxygen atoms in total. The highest BCUT2D eigenvalue weighted by Gasteiger charge is 2.16. The SMILES string of the molecule is CCCCCCCCCCCCNC(=O)CN(NC(C)=O)C(=O)CN. The number of nitrogens with one attached hydrogen (secondary N) is 2. The van der Waals surface area contributed by atoms with Crippen molar-refractivity contribution in [3.8, 4) is 0 Å². The van der Waals surface area contributed by atoms with Gasteiger partial charge in [-0.15, -0.1) is 0 Å². The average Bonchev–Trinajstić information content (AvgIpc) is 2.58. The minimum Gasteiger partial charge on any atom is -0.354 e. The Balaban J connectivity index is 3.65. The Kier molecular flexibility index (Phi) is 14.8. The van der Waals surface area contributed by atoms with Crippen LogP contribution in [-0.2, 0) is 14.4 Å². The molecular weight excluding hydrogens is 320 g/mol. The second-order valence-corrected chi connectivity index (χ2v) is 6.38. The van der Waals surface area contributed by atoms with Crippen molar-refractivity contribution in [3.05, 3.63) is 0 Å². The van der Waals surface area contributed by atoms with Crippen LogP contribution in [0.2, 0.25) is 0 Å². The van der Waals surface area contributed by atoms with E-state index in [1.54, 1.807) is 0 Å². The van der Waals surface area contributed by atoms with E-state index in [0.717, 1.165) is 17.9 Å². The van der Waals surface area contributed by atoms with E-state index in [-0.39, 0.29) is 19.0 Å². The summed E-state index contributed by atoms with van der Waals surface area (Å²) in [5.74, 6) is -1.21. The molecule has 0 rings (SSSR count). The van der Waals surface area contributed by atoms with Crippen LogP contribution in [0, 0.1) is 0 Å². The number of nitrogens with two attached hydrogens (primary N) is 1. The van der Waals surface area contributed by atoms with Crippen LogP contribution in [0.15, 0.2) is 0 Å². The number of carbonyl (C=O) groups excluding carboxylic acids is 3. The van der Waals surface area contributed by atoms with Crippen molar-refractivity contribution in [1.82, 2.24) is 15.8 Å². The zero-order valence-electron chi connectivity index (χ0n) is 15.9. The Morgan fingerprint density at radius 3 is 1.88 bits per heavy atom. The van der Waals surface area contributed by atoms with Gasteiger partial charge in [-0.1, -0.05) is 64.7 Å². The molecule has 4 N–H and O–H groups in total. The van der Waals surface area contributed by atoms with E-state index in [4.69, 9.17) is 5.73 Å². The molecule has 0 radical (unpaired) electrons. The van der Waals surface area contributed by atoms with E-state index in [9.17, 15) is 14.4 Å². The Morgan fingerprint density at radius 1 is 0.880 bits per heavy atom. The van der Waals surface area contributed by atoms with E-state index in [1.165, 1.54) is 58.3 Å². The van der Waals surface area contributed by atoms with Crippen LogP contribution in [-0.4, -0.2) is 42.4 Å². The van der Waals surface area contributed by atoms with Crippen LogP contribution in [0.4, 0.5) is 0 Å². The quantitative estimate of drug-likeness (QED) is 0.326. The minimum absolute atomic E-state index is 0.215. The fourth-order valence-electron chi connectivity index (χ4n) is 2.53. The fraction of sp³-hybridized carbons (Fsp3) is 0.833. The first-order valence-electron chi connectivity index (χ1n) is 9.55. The van der Waals surface area contributed by atoms with Crippen LogP contribution in [0.1, 0.15) is 78.1 Å². The van der Waals surface area contributed by atoms with E-state index < -0.39 is 11.8 Å². The number of hydrazine groups is 1. The number of unbranched alkanes of at least 4 members (excludes halogenated alkanes) is 9. The van der Waals surface area contributed by atoms with Crippen molar-refractivity contribution in [1.29, 1.82) is 0 Å². The van der Waals surface area contributed by atoms with Crippen molar-refractivity contribution in [3.63, 3.8) is 0 Å². The number of hydrogen-bond donors (Lipinski definition) is 3. The molecular formula is C18H36N4O3. The lowest BCUT2D eigenvalue weighted by Gasteiger charge is -2.21. The summed E-state index contributed by atoms with van der Waals surface area (Å²) >= 11 is 0. The third-order valence-corrected chi connectivity index (χ3v) is 3.92. The summed E-state index contributed by atoms with van der Waals surface area (Å²) in [6, 6.07) is 0. The molecule has 7 heteroatoms.